The molecule has 2 rings (SSSR count). The molecule has 0 N–H and O–H groups in total. The zero-order chi connectivity index (χ0) is 8.60. The Morgan fingerprint density at radius 2 is 1.92 bits per heavy atom. The first kappa shape index (κ1) is 8.52. The van der Waals surface area contributed by atoms with Gasteiger partial charge >= 0.3 is 0 Å². The monoisotopic (exact) mass is 169 g/mol. The predicted octanol–water partition coefficient (Wildman–Crippen LogP) is 1.51. The summed E-state index contributed by atoms with van der Waals surface area (Å²) >= 11 is 0. The van der Waals surface area contributed by atoms with Crippen LogP contribution in [0.1, 0.15) is 26.7 Å². The van der Waals surface area contributed by atoms with Crippen LogP contribution in [0.4, 0.5) is 0 Å². The van der Waals surface area contributed by atoms with Crippen LogP contribution in [0.15, 0.2) is 0 Å². The predicted molar refractivity (Wildman–Crippen MR) is 49.2 cm³/mol. The maximum atomic E-state index is 5.22. The summed E-state index contributed by atoms with van der Waals surface area (Å²) in [6.07, 6.45) is 3.27. The van der Waals surface area contributed by atoms with Gasteiger partial charge in [-0.25, -0.2) is 0 Å². The molecule has 2 saturated heterocycles. The van der Waals surface area contributed by atoms with Crippen LogP contribution < -0.4 is 0 Å². The minimum Gasteiger partial charge on any atom is -0.372 e. The molecule has 0 aromatic rings. The highest BCUT2D eigenvalue weighted by Crippen LogP contribution is 2.30. The van der Waals surface area contributed by atoms with Gasteiger partial charge in [0.05, 0.1) is 12.7 Å². The summed E-state index contributed by atoms with van der Waals surface area (Å²) < 4.78 is 5.22. The molecule has 12 heavy (non-hydrogen) atoms. The van der Waals surface area contributed by atoms with Crippen LogP contribution in [0.2, 0.25) is 0 Å². The third-order valence-corrected chi connectivity index (χ3v) is 3.07. The molecule has 1 atom stereocenters. The minimum absolute atomic E-state index is 0.575. The van der Waals surface area contributed by atoms with Crippen LogP contribution in [0.3, 0.4) is 0 Å². The Hall–Kier alpha value is -0.0800. The van der Waals surface area contributed by atoms with Crippen molar-refractivity contribution in [2.24, 2.45) is 5.41 Å². The van der Waals surface area contributed by atoms with E-state index in [4.69, 9.17) is 4.74 Å². The second kappa shape index (κ2) is 3.00. The van der Waals surface area contributed by atoms with Crippen LogP contribution in [-0.4, -0.2) is 37.2 Å². The molecule has 2 aliphatic rings. The fraction of sp³-hybridized carbons (Fsp3) is 1.00. The van der Waals surface area contributed by atoms with Gasteiger partial charge in [0.15, 0.2) is 0 Å². The second-order valence-electron chi connectivity index (χ2n) is 4.92. The largest absolute Gasteiger partial charge is 0.372 e. The molecule has 0 aliphatic carbocycles. The van der Waals surface area contributed by atoms with Gasteiger partial charge in [-0.1, -0.05) is 13.8 Å². The summed E-state index contributed by atoms with van der Waals surface area (Å²) in [4.78, 5) is 2.54. The van der Waals surface area contributed by atoms with Crippen LogP contribution in [0, 0.1) is 5.41 Å². The van der Waals surface area contributed by atoms with E-state index in [2.05, 4.69) is 18.7 Å². The van der Waals surface area contributed by atoms with Gasteiger partial charge < -0.3 is 9.64 Å². The van der Waals surface area contributed by atoms with Gasteiger partial charge in [0, 0.05) is 6.54 Å². The Morgan fingerprint density at radius 3 is 2.42 bits per heavy atom. The fourth-order valence-electron chi connectivity index (χ4n) is 1.80. The molecule has 70 valence electrons. The Labute approximate surface area is 74.9 Å². The third kappa shape index (κ3) is 2.20. The first-order chi connectivity index (χ1) is 5.66. The van der Waals surface area contributed by atoms with Gasteiger partial charge in [-0.05, 0) is 31.3 Å². The Morgan fingerprint density at radius 1 is 1.33 bits per heavy atom. The quantitative estimate of drug-likeness (QED) is 0.582. The van der Waals surface area contributed by atoms with Crippen LogP contribution in [0.25, 0.3) is 0 Å². The van der Waals surface area contributed by atoms with E-state index in [0.29, 0.717) is 11.5 Å². The number of hydrogen-bond donors (Lipinski definition) is 0. The Balaban J connectivity index is 1.73. The number of epoxide rings is 1. The molecule has 2 heterocycles. The normalized spacial score (nSPS) is 35.0. The molecule has 0 amide bonds. The van der Waals surface area contributed by atoms with Gasteiger partial charge in [-0.3, -0.25) is 0 Å². The molecular weight excluding hydrogens is 150 g/mol. The number of hydrogen-bond acceptors (Lipinski definition) is 2. The lowest BCUT2D eigenvalue weighted by atomic mass is 9.83. The van der Waals surface area contributed by atoms with Gasteiger partial charge in [-0.2, -0.15) is 0 Å². The average molecular weight is 169 g/mol. The lowest BCUT2D eigenvalue weighted by Crippen LogP contribution is -2.39. The van der Waals surface area contributed by atoms with E-state index < -0.39 is 0 Å². The molecule has 0 aromatic carbocycles. The first-order valence-corrected chi connectivity index (χ1v) is 5.00. The second-order valence-corrected chi connectivity index (χ2v) is 4.92. The third-order valence-electron chi connectivity index (χ3n) is 3.07. The summed E-state index contributed by atoms with van der Waals surface area (Å²) in [5.41, 5.74) is 0.584. The van der Waals surface area contributed by atoms with Crippen LogP contribution in [0.5, 0.6) is 0 Å². The zero-order valence-electron chi connectivity index (χ0n) is 8.18. The molecule has 2 aliphatic heterocycles. The molecule has 0 bridgehead atoms. The molecule has 0 radical (unpaired) electrons. The lowest BCUT2D eigenvalue weighted by Gasteiger charge is -2.36. The van der Waals surface area contributed by atoms with E-state index in [0.717, 1.165) is 6.61 Å². The first-order valence-electron chi connectivity index (χ1n) is 5.00. The van der Waals surface area contributed by atoms with E-state index in [-0.39, 0.29) is 0 Å². The molecule has 0 aromatic heterocycles. The lowest BCUT2D eigenvalue weighted by molar-refractivity contribution is 0.125. The smallest absolute Gasteiger partial charge is 0.0936 e. The molecular formula is C10H19NO. The number of nitrogens with zero attached hydrogens (tertiary/aromatic N) is 1. The molecule has 0 spiro atoms. The summed E-state index contributed by atoms with van der Waals surface area (Å²) in [6.45, 7) is 9.46. The van der Waals surface area contributed by atoms with Crippen LogP contribution in [-0.2, 0) is 4.74 Å². The summed E-state index contributed by atoms with van der Waals surface area (Å²) in [6, 6.07) is 0. The highest BCUT2D eigenvalue weighted by molar-refractivity contribution is 4.82. The zero-order valence-corrected chi connectivity index (χ0v) is 8.18. The minimum atomic E-state index is 0.575. The van der Waals surface area contributed by atoms with E-state index >= 15 is 0 Å². The summed E-state index contributed by atoms with van der Waals surface area (Å²) in [5, 5.41) is 0. The van der Waals surface area contributed by atoms with Crippen molar-refractivity contribution in [2.75, 3.05) is 26.2 Å². The van der Waals surface area contributed by atoms with Crippen molar-refractivity contribution in [3.63, 3.8) is 0 Å². The summed E-state index contributed by atoms with van der Waals surface area (Å²) in [5.74, 6) is 0. The van der Waals surface area contributed by atoms with Gasteiger partial charge in [0.2, 0.25) is 0 Å². The number of rotatable bonds is 2. The maximum Gasteiger partial charge on any atom is 0.0936 e. The molecule has 2 fully saturated rings. The maximum absolute atomic E-state index is 5.22. The number of likely N-dealkylation sites (tertiary alicyclic amines) is 1. The Kier molecular flexibility index (Phi) is 2.13. The van der Waals surface area contributed by atoms with E-state index in [1.807, 2.05) is 0 Å². The van der Waals surface area contributed by atoms with Crippen molar-refractivity contribution < 1.29 is 4.74 Å². The van der Waals surface area contributed by atoms with Crippen molar-refractivity contribution in [1.29, 1.82) is 0 Å². The van der Waals surface area contributed by atoms with Gasteiger partial charge in [-0.15, -0.1) is 0 Å². The summed E-state index contributed by atoms with van der Waals surface area (Å²) in [7, 11) is 0. The van der Waals surface area contributed by atoms with E-state index in [1.165, 1.54) is 32.5 Å². The highest BCUT2D eigenvalue weighted by atomic mass is 16.6. The van der Waals surface area contributed by atoms with Crippen LogP contribution >= 0.6 is 0 Å². The van der Waals surface area contributed by atoms with Crippen molar-refractivity contribution in [3.05, 3.63) is 0 Å². The van der Waals surface area contributed by atoms with Crippen molar-refractivity contribution in [3.8, 4) is 0 Å². The van der Waals surface area contributed by atoms with Gasteiger partial charge in [0.25, 0.3) is 0 Å². The van der Waals surface area contributed by atoms with E-state index in [9.17, 15) is 0 Å². The van der Waals surface area contributed by atoms with Crippen molar-refractivity contribution in [2.45, 2.75) is 32.8 Å². The van der Waals surface area contributed by atoms with Crippen molar-refractivity contribution >= 4 is 0 Å². The fourth-order valence-corrected chi connectivity index (χ4v) is 1.80. The van der Waals surface area contributed by atoms with Crippen molar-refractivity contribution in [1.82, 2.24) is 4.90 Å². The molecule has 0 unspecified atom stereocenters. The Bertz CT molecular complexity index is 153. The van der Waals surface area contributed by atoms with E-state index in [1.54, 1.807) is 0 Å². The topological polar surface area (TPSA) is 15.8 Å². The molecule has 0 saturated carbocycles. The highest BCUT2D eigenvalue weighted by Gasteiger charge is 2.30. The SMILES string of the molecule is CC1(C)CCN(C[C@H]2CO2)CC1. The molecule has 2 nitrogen and oxygen atoms in total. The average Bonchev–Trinajstić information content (AvgIpc) is 2.77. The number of piperidine rings is 1. The number of ether oxygens (including phenoxy) is 1. The molecule has 2 heteroatoms. The standard InChI is InChI=1S/C10H19NO/c1-10(2)3-5-11(6-4-10)7-9-8-12-9/h9H,3-8H2,1-2H3/t9-/m0/s1. The van der Waals surface area contributed by atoms with Gasteiger partial charge in [0.1, 0.15) is 0 Å².